The van der Waals surface area contributed by atoms with E-state index < -0.39 is 0 Å². The molecule has 3 N–H and O–H groups in total. The average Bonchev–Trinajstić information content (AvgIpc) is 2.74. The molecule has 4 heteroatoms. The molecule has 0 saturated carbocycles. The van der Waals surface area contributed by atoms with E-state index in [1.165, 1.54) is 12.1 Å². The number of nitrogens with one attached hydrogen (secondary N) is 1. The van der Waals surface area contributed by atoms with Gasteiger partial charge in [-0.2, -0.15) is 0 Å². The second kappa shape index (κ2) is 3.81. The summed E-state index contributed by atoms with van der Waals surface area (Å²) in [6.45, 7) is 1.81. The van der Waals surface area contributed by atoms with Gasteiger partial charge >= 0.3 is 0 Å². The molecule has 1 aliphatic heterocycles. The molecule has 0 radical (unpaired) electrons. The summed E-state index contributed by atoms with van der Waals surface area (Å²) in [6, 6.07) is 4.49. The molecule has 0 bridgehead atoms. The quantitative estimate of drug-likeness (QED) is 0.371. The van der Waals surface area contributed by atoms with Gasteiger partial charge in [-0.25, -0.2) is 0 Å². The van der Waals surface area contributed by atoms with Crippen LogP contribution in [-0.4, -0.2) is 34.0 Å². The number of hydrogen-bond donors (Lipinski definition) is 3. The van der Waals surface area contributed by atoms with E-state index in [0.29, 0.717) is 11.4 Å². The van der Waals surface area contributed by atoms with Crippen molar-refractivity contribution in [3.63, 3.8) is 0 Å². The largest absolute Gasteiger partial charge is 0.504 e. The summed E-state index contributed by atoms with van der Waals surface area (Å²) in [7, 11) is 0. The van der Waals surface area contributed by atoms with Crippen LogP contribution in [0.4, 0.5) is 0 Å². The van der Waals surface area contributed by atoms with Gasteiger partial charge in [0.25, 0.3) is 0 Å². The fraction of sp³-hybridized carbons (Fsp3) is 0.364. The summed E-state index contributed by atoms with van der Waals surface area (Å²) in [6.07, 6.45) is 2.24. The molecule has 1 heterocycles. The van der Waals surface area contributed by atoms with Gasteiger partial charge in [-0.1, -0.05) is 0 Å². The highest BCUT2D eigenvalue weighted by Crippen LogP contribution is 2.26. The number of benzene rings is 1. The van der Waals surface area contributed by atoms with Crippen molar-refractivity contribution in [1.82, 2.24) is 4.90 Å². The van der Waals surface area contributed by atoms with Crippen molar-refractivity contribution in [3.8, 4) is 11.5 Å². The highest BCUT2D eigenvalue weighted by Gasteiger charge is 2.16. The van der Waals surface area contributed by atoms with Crippen molar-refractivity contribution >= 4 is 5.84 Å². The minimum absolute atomic E-state index is 0.145. The van der Waals surface area contributed by atoms with E-state index in [1.807, 2.05) is 4.90 Å². The van der Waals surface area contributed by atoms with Crippen LogP contribution in [0.25, 0.3) is 0 Å². The van der Waals surface area contributed by atoms with Crippen molar-refractivity contribution in [3.05, 3.63) is 23.8 Å². The van der Waals surface area contributed by atoms with Gasteiger partial charge < -0.3 is 15.1 Å². The molecule has 0 aliphatic carbocycles. The Morgan fingerprint density at radius 2 is 1.80 bits per heavy atom. The van der Waals surface area contributed by atoms with E-state index in [9.17, 15) is 5.11 Å². The Labute approximate surface area is 88.3 Å². The molecule has 0 spiro atoms. The molecular formula is C11H14N2O2. The van der Waals surface area contributed by atoms with Crippen molar-refractivity contribution in [1.29, 1.82) is 5.41 Å². The van der Waals surface area contributed by atoms with Crippen LogP contribution < -0.4 is 0 Å². The standard InChI is InChI=1S/C11H14N2O2/c12-11(13-5-1-2-6-13)8-3-4-9(14)10(15)7-8/h3-4,7,12,14-15H,1-2,5-6H2. The first-order chi connectivity index (χ1) is 7.18. The Hall–Kier alpha value is -1.71. The first-order valence-electron chi connectivity index (χ1n) is 5.04. The lowest BCUT2D eigenvalue weighted by Crippen LogP contribution is -2.27. The molecule has 0 aromatic heterocycles. The SMILES string of the molecule is N=C(c1ccc(O)c(O)c1)N1CCCC1. The highest BCUT2D eigenvalue weighted by molar-refractivity contribution is 5.97. The highest BCUT2D eigenvalue weighted by atomic mass is 16.3. The second-order valence-electron chi connectivity index (χ2n) is 3.75. The zero-order valence-electron chi connectivity index (χ0n) is 8.40. The first kappa shape index (κ1) is 9.83. The normalized spacial score (nSPS) is 15.6. The van der Waals surface area contributed by atoms with E-state index in [1.54, 1.807) is 6.07 Å². The average molecular weight is 206 g/mol. The predicted molar refractivity (Wildman–Crippen MR) is 57.4 cm³/mol. The van der Waals surface area contributed by atoms with Gasteiger partial charge in [-0.05, 0) is 31.0 Å². The van der Waals surface area contributed by atoms with Crippen molar-refractivity contribution in [2.75, 3.05) is 13.1 Å². The van der Waals surface area contributed by atoms with Gasteiger partial charge in [-0.15, -0.1) is 0 Å². The third-order valence-corrected chi connectivity index (χ3v) is 2.67. The number of likely N-dealkylation sites (tertiary alicyclic amines) is 1. The summed E-state index contributed by atoms with van der Waals surface area (Å²) in [5.74, 6) is 0.104. The third kappa shape index (κ3) is 1.88. The summed E-state index contributed by atoms with van der Waals surface area (Å²) in [5, 5.41) is 26.4. The van der Waals surface area contributed by atoms with Crippen molar-refractivity contribution in [2.45, 2.75) is 12.8 Å². The number of aromatic hydroxyl groups is 2. The molecule has 2 rings (SSSR count). The molecule has 15 heavy (non-hydrogen) atoms. The van der Waals surface area contributed by atoms with E-state index in [4.69, 9.17) is 10.5 Å². The van der Waals surface area contributed by atoms with E-state index in [-0.39, 0.29) is 11.5 Å². The summed E-state index contributed by atoms with van der Waals surface area (Å²) >= 11 is 0. The number of nitrogens with zero attached hydrogens (tertiary/aromatic N) is 1. The Kier molecular flexibility index (Phi) is 2.49. The number of phenolic OH excluding ortho intramolecular Hbond substituents is 2. The molecule has 1 saturated heterocycles. The second-order valence-corrected chi connectivity index (χ2v) is 3.75. The molecule has 0 unspecified atom stereocenters. The Balaban J connectivity index is 2.21. The maximum absolute atomic E-state index is 9.33. The van der Waals surface area contributed by atoms with Gasteiger partial charge in [0.05, 0.1) is 0 Å². The molecule has 4 nitrogen and oxygen atoms in total. The Bertz CT molecular complexity index is 384. The number of phenols is 2. The molecule has 0 amide bonds. The zero-order valence-corrected chi connectivity index (χ0v) is 8.40. The van der Waals surface area contributed by atoms with Crippen LogP contribution >= 0.6 is 0 Å². The van der Waals surface area contributed by atoms with E-state index in [2.05, 4.69) is 0 Å². The lowest BCUT2D eigenvalue weighted by molar-refractivity contribution is 0.403. The third-order valence-electron chi connectivity index (χ3n) is 2.67. The van der Waals surface area contributed by atoms with Crippen LogP contribution in [0.1, 0.15) is 18.4 Å². The van der Waals surface area contributed by atoms with Gasteiger partial charge in [0.2, 0.25) is 0 Å². The molecule has 0 atom stereocenters. The number of amidine groups is 1. The van der Waals surface area contributed by atoms with E-state index >= 15 is 0 Å². The smallest absolute Gasteiger partial charge is 0.158 e. The Morgan fingerprint density at radius 1 is 1.13 bits per heavy atom. The lowest BCUT2D eigenvalue weighted by Gasteiger charge is -2.18. The minimum Gasteiger partial charge on any atom is -0.504 e. The zero-order chi connectivity index (χ0) is 10.8. The van der Waals surface area contributed by atoms with Crippen LogP contribution in [0.15, 0.2) is 18.2 Å². The molecular weight excluding hydrogens is 192 g/mol. The van der Waals surface area contributed by atoms with Crippen LogP contribution in [0, 0.1) is 5.41 Å². The predicted octanol–water partition coefficient (Wildman–Crippen LogP) is 1.52. The maximum atomic E-state index is 9.33. The lowest BCUT2D eigenvalue weighted by atomic mass is 10.1. The van der Waals surface area contributed by atoms with Gasteiger partial charge in [-0.3, -0.25) is 5.41 Å². The summed E-state index contributed by atoms with van der Waals surface area (Å²) in [5.41, 5.74) is 0.646. The molecule has 1 fully saturated rings. The van der Waals surface area contributed by atoms with Crippen LogP contribution in [-0.2, 0) is 0 Å². The van der Waals surface area contributed by atoms with Crippen molar-refractivity contribution in [2.24, 2.45) is 0 Å². The number of rotatable bonds is 1. The van der Waals surface area contributed by atoms with Crippen LogP contribution in [0.3, 0.4) is 0 Å². The molecule has 1 aliphatic rings. The summed E-state index contributed by atoms with van der Waals surface area (Å²) < 4.78 is 0. The molecule has 1 aromatic carbocycles. The fourth-order valence-electron chi connectivity index (χ4n) is 1.79. The van der Waals surface area contributed by atoms with Gasteiger partial charge in [0, 0.05) is 18.7 Å². The number of hydrogen-bond acceptors (Lipinski definition) is 3. The first-order valence-corrected chi connectivity index (χ1v) is 5.04. The van der Waals surface area contributed by atoms with E-state index in [0.717, 1.165) is 25.9 Å². The maximum Gasteiger partial charge on any atom is 0.158 e. The van der Waals surface area contributed by atoms with Gasteiger partial charge in [0.1, 0.15) is 5.84 Å². The fourth-order valence-corrected chi connectivity index (χ4v) is 1.79. The topological polar surface area (TPSA) is 67.5 Å². The molecule has 1 aromatic rings. The van der Waals surface area contributed by atoms with Gasteiger partial charge in [0.15, 0.2) is 11.5 Å². The molecule has 80 valence electrons. The minimum atomic E-state index is -0.170. The van der Waals surface area contributed by atoms with Crippen molar-refractivity contribution < 1.29 is 10.2 Å². The Morgan fingerprint density at radius 3 is 2.40 bits per heavy atom. The monoisotopic (exact) mass is 206 g/mol. The summed E-state index contributed by atoms with van der Waals surface area (Å²) in [4.78, 5) is 1.98. The van der Waals surface area contributed by atoms with Crippen LogP contribution in [0.5, 0.6) is 11.5 Å². The van der Waals surface area contributed by atoms with Crippen LogP contribution in [0.2, 0.25) is 0 Å².